The predicted octanol–water partition coefficient (Wildman–Crippen LogP) is 6.21. The molecule has 0 atom stereocenters. The average Bonchev–Trinajstić information content (AvgIpc) is 2.45. The minimum absolute atomic E-state index is 0. The molecule has 3 nitrogen and oxygen atoms in total. The van der Waals surface area contributed by atoms with Crippen LogP contribution in [0, 0.1) is 0 Å². The second-order valence-corrected chi connectivity index (χ2v) is 28.0. The average molecular weight is 1040 g/mol. The van der Waals surface area contributed by atoms with Gasteiger partial charge in [0.15, 0.2) is 0 Å². The summed E-state index contributed by atoms with van der Waals surface area (Å²) in [5.41, 5.74) is 0. The van der Waals surface area contributed by atoms with Crippen molar-refractivity contribution in [2.24, 2.45) is 0 Å². The molecule has 0 aromatic heterocycles. The first-order chi connectivity index (χ1) is 10.7. The van der Waals surface area contributed by atoms with Crippen LogP contribution in [0.2, 0.25) is 0 Å². The Morgan fingerprint density at radius 3 is 0.640 bits per heavy atom. The van der Waals surface area contributed by atoms with Crippen LogP contribution < -0.4 is 0 Å². The monoisotopic (exact) mass is 1030 g/mol. The van der Waals surface area contributed by atoms with Gasteiger partial charge in [0.2, 0.25) is 0 Å². The first kappa shape index (κ1) is 36.7. The van der Waals surface area contributed by atoms with E-state index < -0.39 is 0 Å². The number of hydrogen-bond acceptors (Lipinski definition) is 6. The van der Waals surface area contributed by atoms with Crippen molar-refractivity contribution in [2.75, 3.05) is 42.3 Å². The minimum atomic E-state index is -0.108. The van der Waals surface area contributed by atoms with Gasteiger partial charge in [0, 0.05) is 42.3 Å². The van der Waals surface area contributed by atoms with Gasteiger partial charge in [-0.1, -0.05) is 36.7 Å². The van der Waals surface area contributed by atoms with Gasteiger partial charge >= 0.3 is 22.4 Å². The molecule has 0 saturated heterocycles. The Bertz CT molecular complexity index is 313. The molecule has 0 radical (unpaired) electrons. The zero-order chi connectivity index (χ0) is 20.2. The SMILES string of the molecule is CN(C)C(=S)[S-](Br)Br.CN(C)C(=S)[S-](Br)Br.CN(C)C(=S)[S-](Br)Br.[Au+3]. The van der Waals surface area contributed by atoms with Crippen LogP contribution in [0.5, 0.6) is 0 Å². The molecule has 158 valence electrons. The zero-order valence-corrected chi connectivity index (χ0v) is 30.4. The first-order valence-corrected chi connectivity index (χ1v) is 21.5. The molecule has 0 unspecified atom stereocenters. The summed E-state index contributed by atoms with van der Waals surface area (Å²) in [6.45, 7) is 0. The molecular formula is C9H18AuBr6N3S6. The van der Waals surface area contributed by atoms with Crippen LogP contribution >= 0.6 is 126 Å². The molecule has 0 amide bonds. The Morgan fingerprint density at radius 1 is 0.520 bits per heavy atom. The molecule has 0 aromatic rings. The van der Waals surface area contributed by atoms with Crippen molar-refractivity contribution in [3.05, 3.63) is 0 Å². The molecular weight excluding hydrogens is 1020 g/mol. The maximum atomic E-state index is 4.95. The fourth-order valence-corrected chi connectivity index (χ4v) is 6.45. The van der Waals surface area contributed by atoms with E-state index in [4.69, 9.17) is 36.7 Å². The van der Waals surface area contributed by atoms with Crippen LogP contribution in [-0.2, 0) is 45.7 Å². The molecule has 0 aromatic carbocycles. The van der Waals surface area contributed by atoms with Gasteiger partial charge in [0.05, 0.1) is 0 Å². The summed E-state index contributed by atoms with van der Waals surface area (Å²) >= 11 is 34.7. The molecule has 0 N–H and O–H groups in total. The normalized spacial score (nSPS) is 10.3. The summed E-state index contributed by atoms with van der Waals surface area (Å²) in [6, 6.07) is 0. The van der Waals surface area contributed by atoms with Crippen LogP contribution in [0.15, 0.2) is 0 Å². The Morgan fingerprint density at radius 2 is 0.640 bits per heavy atom. The molecule has 0 aliphatic heterocycles. The summed E-state index contributed by atoms with van der Waals surface area (Å²) in [4.78, 5) is 5.67. The summed E-state index contributed by atoms with van der Waals surface area (Å²) < 4.78 is 2.64. The van der Waals surface area contributed by atoms with Gasteiger partial charge < -0.3 is 38.0 Å². The van der Waals surface area contributed by atoms with Gasteiger partial charge in [-0.05, 0) is 13.0 Å². The molecule has 0 fully saturated rings. The van der Waals surface area contributed by atoms with Crippen molar-refractivity contribution in [3.8, 4) is 0 Å². The Balaban J connectivity index is -0.000000130. The van der Waals surface area contributed by atoms with Crippen molar-refractivity contribution < 1.29 is 22.4 Å². The van der Waals surface area contributed by atoms with Crippen molar-refractivity contribution in [3.63, 3.8) is 0 Å². The zero-order valence-electron chi connectivity index (χ0n) is 13.9. The van der Waals surface area contributed by atoms with Gasteiger partial charge in [-0.3, -0.25) is 0 Å². The van der Waals surface area contributed by atoms with E-state index in [9.17, 15) is 0 Å². The Hall–Kier alpha value is 4.34. The molecule has 0 heterocycles. The van der Waals surface area contributed by atoms with E-state index in [1.54, 1.807) is 0 Å². The molecule has 25 heavy (non-hydrogen) atoms. The molecule has 16 heteroatoms. The van der Waals surface area contributed by atoms with Gasteiger partial charge in [-0.2, -0.15) is 0 Å². The number of nitrogens with zero attached hydrogens (tertiary/aromatic N) is 3. The molecule has 0 saturated carbocycles. The third kappa shape index (κ3) is 24.5. The number of rotatable bonds is 0. The molecule has 0 spiro atoms. The second-order valence-electron chi connectivity index (χ2n) is 4.12. The predicted molar refractivity (Wildman–Crippen MR) is 155 cm³/mol. The molecule has 0 rings (SSSR count). The number of hydrogen-bond donors (Lipinski definition) is 0. The van der Waals surface area contributed by atoms with Crippen LogP contribution in [0.25, 0.3) is 0 Å². The second kappa shape index (κ2) is 21.6. The first-order valence-electron chi connectivity index (χ1n) is 5.50. The summed E-state index contributed by atoms with van der Waals surface area (Å²) in [5.74, 6) is 0. The molecule has 0 bridgehead atoms. The van der Waals surface area contributed by atoms with Crippen molar-refractivity contribution in [1.29, 1.82) is 0 Å². The van der Waals surface area contributed by atoms with Crippen LogP contribution in [0.4, 0.5) is 0 Å². The van der Waals surface area contributed by atoms with Gasteiger partial charge in [0.25, 0.3) is 0 Å². The number of thiocarbonyl (C=S) groups is 3. The van der Waals surface area contributed by atoms with E-state index in [1.807, 2.05) is 57.0 Å². The van der Waals surface area contributed by atoms with E-state index in [0.717, 1.165) is 13.0 Å². The largest absolute Gasteiger partial charge is 3.00 e. The van der Waals surface area contributed by atoms with Crippen molar-refractivity contribution in [1.82, 2.24) is 14.7 Å². The smallest absolute Gasteiger partial charge is 0.390 e. The maximum Gasteiger partial charge on any atom is 3.00 e. The molecule has 0 aliphatic carbocycles. The van der Waals surface area contributed by atoms with Gasteiger partial charge in [-0.25, -0.2) is 88.9 Å². The fourth-order valence-electron chi connectivity index (χ4n) is 0.414. The quantitative estimate of drug-likeness (QED) is 0.161. The van der Waals surface area contributed by atoms with E-state index in [1.165, 1.54) is 0 Å². The van der Waals surface area contributed by atoms with Gasteiger partial charge in [-0.15, -0.1) is 0 Å². The number of halogens is 6. The van der Waals surface area contributed by atoms with E-state index in [2.05, 4.69) is 88.9 Å². The van der Waals surface area contributed by atoms with E-state index in [-0.39, 0.29) is 45.7 Å². The summed E-state index contributed by atoms with van der Waals surface area (Å²) in [5, 5.41) is 0. The molecule has 0 aliphatic rings. The van der Waals surface area contributed by atoms with Crippen LogP contribution in [0.3, 0.4) is 0 Å². The Kier molecular flexibility index (Phi) is 31.7. The topological polar surface area (TPSA) is 9.72 Å². The van der Waals surface area contributed by atoms with Crippen LogP contribution in [-0.4, -0.2) is 69.9 Å². The van der Waals surface area contributed by atoms with Crippen molar-refractivity contribution in [2.45, 2.75) is 0 Å². The third-order valence-electron chi connectivity index (χ3n) is 1.49. The maximum absolute atomic E-state index is 4.95. The van der Waals surface area contributed by atoms with E-state index in [0.29, 0.717) is 0 Å². The van der Waals surface area contributed by atoms with Crippen molar-refractivity contribution >= 4 is 162 Å². The minimum Gasteiger partial charge on any atom is -0.390 e. The fraction of sp³-hybridized carbons (Fsp3) is 0.667. The van der Waals surface area contributed by atoms with E-state index >= 15 is 0 Å². The Labute approximate surface area is 237 Å². The van der Waals surface area contributed by atoms with Crippen LogP contribution in [0.1, 0.15) is 0 Å². The summed E-state index contributed by atoms with van der Waals surface area (Å²) in [7, 11) is 11.2. The van der Waals surface area contributed by atoms with Gasteiger partial charge in [0.1, 0.15) is 0 Å². The summed E-state index contributed by atoms with van der Waals surface area (Å²) in [6.07, 6.45) is 0. The third-order valence-corrected chi connectivity index (χ3v) is 15.4. The standard InChI is InChI=1S/3C3H6Br2NS2.Au/c3*1-6(2)3(7)8(4)5;/h3*1-2H3;/q3*-1;+3.